The molecule has 1 fully saturated rings. The lowest BCUT2D eigenvalue weighted by molar-refractivity contribution is 0.570. The van der Waals surface area contributed by atoms with Crippen molar-refractivity contribution < 1.29 is 8.42 Å². The maximum Gasteiger partial charge on any atom is 0.258 e. The van der Waals surface area contributed by atoms with E-state index in [-0.39, 0.29) is 5.03 Å². The van der Waals surface area contributed by atoms with E-state index in [9.17, 15) is 8.42 Å². The van der Waals surface area contributed by atoms with Crippen LogP contribution in [0.15, 0.2) is 23.4 Å². The first-order valence-corrected chi connectivity index (χ1v) is 8.91. The van der Waals surface area contributed by atoms with Crippen LogP contribution < -0.4 is 10.5 Å². The van der Waals surface area contributed by atoms with Gasteiger partial charge in [0, 0.05) is 24.5 Å². The molecule has 0 aromatic carbocycles. The van der Waals surface area contributed by atoms with Gasteiger partial charge in [0.1, 0.15) is 0 Å². The molecule has 0 radical (unpaired) electrons. The summed E-state index contributed by atoms with van der Waals surface area (Å²) in [6, 6.07) is 3.19. The third-order valence-corrected chi connectivity index (χ3v) is 5.82. The van der Waals surface area contributed by atoms with Crippen LogP contribution in [0.4, 0.5) is 0 Å². The summed E-state index contributed by atoms with van der Waals surface area (Å²) < 4.78 is 26.8. The smallest absolute Gasteiger partial charge is 0.258 e. The van der Waals surface area contributed by atoms with Gasteiger partial charge in [-0.15, -0.1) is 0 Å². The van der Waals surface area contributed by atoms with Crippen molar-refractivity contribution in [3.8, 4) is 0 Å². The first kappa shape index (κ1) is 14.8. The Morgan fingerprint density at radius 3 is 2.84 bits per heavy atom. The fourth-order valence-electron chi connectivity index (χ4n) is 1.94. The molecule has 1 atom stereocenters. The predicted octanol–water partition coefficient (Wildman–Crippen LogP) is 1.10. The maximum atomic E-state index is 12.1. The summed E-state index contributed by atoms with van der Waals surface area (Å²) in [4.78, 5) is 3.95. The molecule has 1 saturated heterocycles. The Hall–Kier alpha value is -0.630. The third-order valence-electron chi connectivity index (χ3n) is 3.08. The quantitative estimate of drug-likeness (QED) is 0.851. The summed E-state index contributed by atoms with van der Waals surface area (Å²) in [5, 5.41) is 0.442. The Morgan fingerprint density at radius 2 is 2.26 bits per heavy atom. The lowest BCUT2D eigenvalue weighted by atomic mass is 10.2. The van der Waals surface area contributed by atoms with Crippen molar-refractivity contribution in [2.75, 3.05) is 12.3 Å². The summed E-state index contributed by atoms with van der Waals surface area (Å²) in [6.07, 6.45) is 5.00. The van der Waals surface area contributed by atoms with Crippen molar-refractivity contribution >= 4 is 21.8 Å². The number of aromatic nitrogens is 1. The first-order chi connectivity index (χ1) is 9.12. The molecule has 1 aliphatic rings. The number of pyridine rings is 1. The lowest BCUT2D eigenvalue weighted by Crippen LogP contribution is -2.32. The van der Waals surface area contributed by atoms with Crippen LogP contribution in [0.5, 0.6) is 0 Å². The molecule has 5 nitrogen and oxygen atoms in total. The number of thioether (sulfide) groups is 1. The third kappa shape index (κ3) is 4.17. The number of sulfonamides is 1. The second-order valence-corrected chi connectivity index (χ2v) is 7.67. The van der Waals surface area contributed by atoms with Crippen molar-refractivity contribution in [1.82, 2.24) is 9.71 Å². The number of nitrogens with one attached hydrogen (secondary N) is 1. The number of hydrogen-bond acceptors (Lipinski definition) is 5. The Morgan fingerprint density at radius 1 is 1.42 bits per heavy atom. The summed E-state index contributed by atoms with van der Waals surface area (Å²) >= 11 is 1.84. The Balaban J connectivity index is 1.96. The van der Waals surface area contributed by atoms with Crippen molar-refractivity contribution in [3.63, 3.8) is 0 Å². The van der Waals surface area contributed by atoms with Crippen LogP contribution in [0.2, 0.25) is 0 Å². The van der Waals surface area contributed by atoms with Gasteiger partial charge in [-0.2, -0.15) is 11.8 Å². The van der Waals surface area contributed by atoms with Crippen LogP contribution in [0.1, 0.15) is 24.8 Å². The summed E-state index contributed by atoms with van der Waals surface area (Å²) in [5.41, 5.74) is 6.28. The largest absolute Gasteiger partial charge is 0.326 e. The van der Waals surface area contributed by atoms with E-state index in [1.807, 2.05) is 11.8 Å². The van der Waals surface area contributed by atoms with Crippen LogP contribution in [0.3, 0.4) is 0 Å². The maximum absolute atomic E-state index is 12.1. The molecule has 0 amide bonds. The highest BCUT2D eigenvalue weighted by molar-refractivity contribution is 8.00. The van der Waals surface area contributed by atoms with Crippen molar-refractivity contribution in [3.05, 3.63) is 23.9 Å². The average molecular weight is 301 g/mol. The molecule has 0 aliphatic carbocycles. The second kappa shape index (κ2) is 6.69. The monoisotopic (exact) mass is 301 g/mol. The van der Waals surface area contributed by atoms with Crippen LogP contribution in [0.25, 0.3) is 0 Å². The fourth-order valence-corrected chi connectivity index (χ4v) is 4.29. The summed E-state index contributed by atoms with van der Waals surface area (Å²) in [6.45, 7) is 0.840. The highest BCUT2D eigenvalue weighted by atomic mass is 32.2. The molecule has 1 unspecified atom stereocenters. The van der Waals surface area contributed by atoms with E-state index in [0.29, 0.717) is 18.3 Å². The molecule has 7 heteroatoms. The second-order valence-electron chi connectivity index (χ2n) is 4.55. The SMILES string of the molecule is NCc1ccc(S(=O)(=O)NCC2CCCCS2)nc1. The highest BCUT2D eigenvalue weighted by Crippen LogP contribution is 2.24. The van der Waals surface area contributed by atoms with Crippen molar-refractivity contribution in [2.45, 2.75) is 36.1 Å². The Kier molecular flexibility index (Phi) is 5.20. The predicted molar refractivity (Wildman–Crippen MR) is 77.4 cm³/mol. The molecule has 106 valence electrons. The van der Waals surface area contributed by atoms with Gasteiger partial charge in [0.25, 0.3) is 10.0 Å². The minimum Gasteiger partial charge on any atom is -0.326 e. The molecule has 2 rings (SSSR count). The minimum atomic E-state index is -3.50. The van der Waals surface area contributed by atoms with Gasteiger partial charge in [-0.25, -0.2) is 18.1 Å². The van der Waals surface area contributed by atoms with Gasteiger partial charge in [-0.3, -0.25) is 0 Å². The van der Waals surface area contributed by atoms with E-state index in [0.717, 1.165) is 17.7 Å². The van der Waals surface area contributed by atoms with Gasteiger partial charge in [-0.05, 0) is 30.2 Å². The van der Waals surface area contributed by atoms with Crippen LogP contribution >= 0.6 is 11.8 Å². The lowest BCUT2D eigenvalue weighted by Gasteiger charge is -2.21. The fraction of sp³-hybridized carbons (Fsp3) is 0.583. The van der Waals surface area contributed by atoms with Gasteiger partial charge >= 0.3 is 0 Å². The number of rotatable bonds is 5. The Labute approximate surface area is 118 Å². The van der Waals surface area contributed by atoms with Crippen LogP contribution in [-0.4, -0.2) is 30.9 Å². The van der Waals surface area contributed by atoms with E-state index in [1.54, 1.807) is 6.07 Å². The van der Waals surface area contributed by atoms with E-state index >= 15 is 0 Å². The standard InChI is InChI=1S/C12H19N3O2S2/c13-7-10-4-5-12(14-8-10)19(16,17)15-9-11-3-1-2-6-18-11/h4-5,8,11,15H,1-3,6-7,9,13H2. The number of nitrogens with two attached hydrogens (primary N) is 1. The van der Waals surface area contributed by atoms with Crippen LogP contribution in [0, 0.1) is 0 Å². The molecule has 1 aromatic heterocycles. The van der Waals surface area contributed by atoms with E-state index in [2.05, 4.69) is 9.71 Å². The van der Waals surface area contributed by atoms with E-state index < -0.39 is 10.0 Å². The zero-order chi connectivity index (χ0) is 13.7. The van der Waals surface area contributed by atoms with Gasteiger partial charge in [-0.1, -0.05) is 12.5 Å². The molecule has 3 N–H and O–H groups in total. The van der Waals surface area contributed by atoms with Crippen molar-refractivity contribution in [1.29, 1.82) is 0 Å². The first-order valence-electron chi connectivity index (χ1n) is 6.38. The van der Waals surface area contributed by atoms with Gasteiger partial charge in [0.2, 0.25) is 0 Å². The normalized spacial score (nSPS) is 20.4. The molecule has 1 aliphatic heterocycles. The van der Waals surface area contributed by atoms with E-state index in [4.69, 9.17) is 5.73 Å². The average Bonchev–Trinajstić information content (AvgIpc) is 2.46. The zero-order valence-corrected chi connectivity index (χ0v) is 12.3. The molecule has 0 spiro atoms. The molecule has 1 aromatic rings. The van der Waals surface area contributed by atoms with Crippen LogP contribution in [-0.2, 0) is 16.6 Å². The zero-order valence-electron chi connectivity index (χ0n) is 10.7. The van der Waals surface area contributed by atoms with E-state index in [1.165, 1.54) is 25.1 Å². The topological polar surface area (TPSA) is 85.1 Å². The summed E-state index contributed by atoms with van der Waals surface area (Å²) in [7, 11) is -3.50. The molecule has 0 saturated carbocycles. The number of nitrogens with zero attached hydrogens (tertiary/aromatic N) is 1. The Bertz CT molecular complexity index is 496. The minimum absolute atomic E-state index is 0.0607. The van der Waals surface area contributed by atoms with Crippen molar-refractivity contribution in [2.24, 2.45) is 5.73 Å². The molecule has 0 bridgehead atoms. The van der Waals surface area contributed by atoms with Gasteiger partial charge < -0.3 is 5.73 Å². The molecular weight excluding hydrogens is 282 g/mol. The molecular formula is C12H19N3O2S2. The molecule has 2 heterocycles. The summed E-state index contributed by atoms with van der Waals surface area (Å²) in [5.74, 6) is 1.12. The molecule has 19 heavy (non-hydrogen) atoms. The highest BCUT2D eigenvalue weighted by Gasteiger charge is 2.19. The van der Waals surface area contributed by atoms with Gasteiger partial charge in [0.05, 0.1) is 0 Å². The number of hydrogen-bond donors (Lipinski definition) is 2. The van der Waals surface area contributed by atoms with Gasteiger partial charge in [0.15, 0.2) is 5.03 Å².